The van der Waals surface area contributed by atoms with Crippen LogP contribution in [0.3, 0.4) is 0 Å². The van der Waals surface area contributed by atoms with Crippen molar-refractivity contribution >= 4 is 11.6 Å². The van der Waals surface area contributed by atoms with E-state index in [4.69, 9.17) is 10.5 Å². The van der Waals surface area contributed by atoms with Crippen LogP contribution in [-0.2, 0) is 4.74 Å². The van der Waals surface area contributed by atoms with E-state index in [9.17, 15) is 0 Å². The van der Waals surface area contributed by atoms with Gasteiger partial charge in [0.1, 0.15) is 0 Å². The van der Waals surface area contributed by atoms with Crippen LogP contribution < -0.4 is 10.6 Å². The van der Waals surface area contributed by atoms with E-state index in [-0.39, 0.29) is 5.54 Å². The van der Waals surface area contributed by atoms with E-state index >= 15 is 0 Å². The molecule has 0 saturated heterocycles. The molecule has 1 aromatic carbocycles. The van der Waals surface area contributed by atoms with Gasteiger partial charge in [-0.05, 0) is 38.8 Å². The fourth-order valence-corrected chi connectivity index (χ4v) is 3.17. The van der Waals surface area contributed by atoms with Crippen LogP contribution in [-0.4, -0.2) is 30.8 Å². The van der Waals surface area contributed by atoms with Gasteiger partial charge in [0.15, 0.2) is 5.96 Å². The Hall–Kier alpha value is -1.55. The molecule has 1 heterocycles. The molecule has 19 heavy (non-hydrogen) atoms. The molecule has 1 aliphatic heterocycles. The summed E-state index contributed by atoms with van der Waals surface area (Å²) in [5.74, 6) is 0.638. The number of aryl methyl sites for hydroxylation is 1. The van der Waals surface area contributed by atoms with Crippen molar-refractivity contribution < 1.29 is 4.74 Å². The molecule has 0 atom stereocenters. The van der Waals surface area contributed by atoms with Gasteiger partial charge in [-0.2, -0.15) is 0 Å². The number of ether oxygens (including phenoxy) is 1. The molecule has 1 aliphatic carbocycles. The largest absolute Gasteiger partial charge is 0.378 e. The molecule has 2 aliphatic rings. The Bertz CT molecular complexity index is 489. The van der Waals surface area contributed by atoms with Gasteiger partial charge >= 0.3 is 0 Å². The summed E-state index contributed by atoms with van der Waals surface area (Å²) in [6, 6.07) is 8.48. The van der Waals surface area contributed by atoms with Crippen molar-refractivity contribution in [1.82, 2.24) is 0 Å². The van der Waals surface area contributed by atoms with Gasteiger partial charge in [-0.15, -0.1) is 0 Å². The van der Waals surface area contributed by atoms with Gasteiger partial charge in [0, 0.05) is 12.3 Å². The van der Waals surface area contributed by atoms with Crippen LogP contribution in [0.1, 0.15) is 25.3 Å². The van der Waals surface area contributed by atoms with Crippen LogP contribution in [0.4, 0.5) is 5.69 Å². The van der Waals surface area contributed by atoms with Gasteiger partial charge in [0.25, 0.3) is 0 Å². The zero-order valence-electron chi connectivity index (χ0n) is 11.6. The molecule has 0 unspecified atom stereocenters. The summed E-state index contributed by atoms with van der Waals surface area (Å²) in [6.07, 6.45) is 2.39. The third-order valence-corrected chi connectivity index (χ3v) is 4.15. The zero-order chi connectivity index (χ0) is 13.5. The summed E-state index contributed by atoms with van der Waals surface area (Å²) in [5, 5.41) is 0. The number of anilines is 1. The fraction of sp³-hybridized carbons (Fsp3) is 0.533. The normalized spacial score (nSPS) is 29.5. The second-order valence-corrected chi connectivity index (χ2v) is 5.56. The van der Waals surface area contributed by atoms with E-state index in [1.54, 1.807) is 0 Å². The van der Waals surface area contributed by atoms with E-state index < -0.39 is 0 Å². The highest BCUT2D eigenvalue weighted by Crippen LogP contribution is 2.44. The third-order valence-electron chi connectivity index (χ3n) is 4.15. The number of nitrogens with two attached hydrogens (primary N) is 1. The van der Waals surface area contributed by atoms with Crippen molar-refractivity contribution in [3.05, 3.63) is 29.8 Å². The van der Waals surface area contributed by atoms with Crippen molar-refractivity contribution in [2.45, 2.75) is 38.3 Å². The van der Waals surface area contributed by atoms with Crippen molar-refractivity contribution in [3.8, 4) is 0 Å². The van der Waals surface area contributed by atoms with Gasteiger partial charge in [0.05, 0.1) is 18.2 Å². The molecular weight excluding hydrogens is 238 g/mol. The summed E-state index contributed by atoms with van der Waals surface area (Å²) in [7, 11) is 0. The molecule has 0 amide bonds. The first-order chi connectivity index (χ1) is 9.14. The predicted octanol–water partition coefficient (Wildman–Crippen LogP) is 2.07. The molecule has 1 fully saturated rings. The Morgan fingerprint density at radius 2 is 2.05 bits per heavy atom. The predicted molar refractivity (Wildman–Crippen MR) is 77.5 cm³/mol. The van der Waals surface area contributed by atoms with Crippen molar-refractivity contribution in [3.63, 3.8) is 0 Å². The lowest BCUT2D eigenvalue weighted by Crippen LogP contribution is -2.62. The number of hydrogen-bond acceptors (Lipinski definition) is 4. The topological polar surface area (TPSA) is 50.9 Å². The summed E-state index contributed by atoms with van der Waals surface area (Å²) < 4.78 is 5.68. The summed E-state index contributed by atoms with van der Waals surface area (Å²) >= 11 is 0. The number of nitrogens with zero attached hydrogens (tertiary/aromatic N) is 2. The van der Waals surface area contributed by atoms with Crippen molar-refractivity contribution in [2.75, 3.05) is 18.1 Å². The summed E-state index contributed by atoms with van der Waals surface area (Å²) in [6.45, 7) is 5.70. The summed E-state index contributed by atoms with van der Waals surface area (Å²) in [5.41, 5.74) is 8.54. The van der Waals surface area contributed by atoms with Crippen LogP contribution in [0.25, 0.3) is 0 Å². The lowest BCUT2D eigenvalue weighted by atomic mass is 9.73. The third kappa shape index (κ3) is 2.00. The first-order valence-electron chi connectivity index (χ1n) is 6.93. The van der Waals surface area contributed by atoms with Crippen LogP contribution in [0.15, 0.2) is 29.3 Å². The van der Waals surface area contributed by atoms with E-state index in [0.717, 1.165) is 31.7 Å². The van der Waals surface area contributed by atoms with E-state index in [1.807, 2.05) is 6.92 Å². The molecule has 2 N–H and O–H groups in total. The van der Waals surface area contributed by atoms with Crippen LogP contribution in [0.5, 0.6) is 0 Å². The Balaban J connectivity index is 1.82. The van der Waals surface area contributed by atoms with Gasteiger partial charge in [-0.25, -0.2) is 0 Å². The van der Waals surface area contributed by atoms with Crippen LogP contribution >= 0.6 is 0 Å². The Kier molecular flexibility index (Phi) is 2.97. The molecule has 102 valence electrons. The Morgan fingerprint density at radius 1 is 1.37 bits per heavy atom. The number of guanidine groups is 1. The van der Waals surface area contributed by atoms with Crippen molar-refractivity contribution in [2.24, 2.45) is 10.7 Å². The van der Waals surface area contributed by atoms with E-state index in [2.05, 4.69) is 41.1 Å². The molecular formula is C15H21N3O. The molecule has 4 heteroatoms. The SMILES string of the molecule is CCOC1CC2(CN=C(N)N2c2ccc(C)cc2)C1. The first kappa shape index (κ1) is 12.5. The fourth-order valence-electron chi connectivity index (χ4n) is 3.17. The minimum absolute atomic E-state index is 0.0547. The Morgan fingerprint density at radius 3 is 2.68 bits per heavy atom. The highest BCUT2D eigenvalue weighted by Gasteiger charge is 2.53. The number of hydrogen-bond donors (Lipinski definition) is 1. The number of benzene rings is 1. The van der Waals surface area contributed by atoms with Gasteiger partial charge in [-0.1, -0.05) is 17.7 Å². The standard InChI is InChI=1S/C15H21N3O/c1-3-19-13-8-15(9-13)10-17-14(16)18(15)12-6-4-11(2)5-7-12/h4-7,13H,3,8-10H2,1-2H3,(H2,16,17). The average molecular weight is 259 g/mol. The lowest BCUT2D eigenvalue weighted by Gasteiger charge is -2.50. The zero-order valence-corrected chi connectivity index (χ0v) is 11.6. The maximum atomic E-state index is 6.09. The first-order valence-corrected chi connectivity index (χ1v) is 6.93. The lowest BCUT2D eigenvalue weighted by molar-refractivity contribution is -0.0306. The second-order valence-electron chi connectivity index (χ2n) is 5.56. The maximum Gasteiger partial charge on any atom is 0.196 e. The average Bonchev–Trinajstić information content (AvgIpc) is 2.69. The molecule has 4 nitrogen and oxygen atoms in total. The molecule has 1 aromatic rings. The molecule has 0 radical (unpaired) electrons. The minimum Gasteiger partial charge on any atom is -0.378 e. The maximum absolute atomic E-state index is 6.09. The smallest absolute Gasteiger partial charge is 0.196 e. The van der Waals surface area contributed by atoms with Crippen LogP contribution in [0.2, 0.25) is 0 Å². The monoisotopic (exact) mass is 259 g/mol. The Labute approximate surface area is 114 Å². The highest BCUT2D eigenvalue weighted by molar-refractivity contribution is 5.98. The molecule has 1 spiro atoms. The van der Waals surface area contributed by atoms with E-state index in [0.29, 0.717) is 12.1 Å². The highest BCUT2D eigenvalue weighted by atomic mass is 16.5. The molecule has 0 bridgehead atoms. The number of rotatable bonds is 3. The van der Waals surface area contributed by atoms with Gasteiger partial charge in [0.2, 0.25) is 0 Å². The number of aliphatic imine (C=N–C) groups is 1. The molecule has 1 saturated carbocycles. The van der Waals surface area contributed by atoms with Crippen LogP contribution in [0, 0.1) is 6.92 Å². The summed E-state index contributed by atoms with van der Waals surface area (Å²) in [4.78, 5) is 6.65. The van der Waals surface area contributed by atoms with E-state index in [1.165, 1.54) is 5.56 Å². The molecule has 3 rings (SSSR count). The quantitative estimate of drug-likeness (QED) is 0.904. The van der Waals surface area contributed by atoms with Gasteiger partial charge in [-0.3, -0.25) is 4.99 Å². The minimum atomic E-state index is 0.0547. The van der Waals surface area contributed by atoms with Crippen molar-refractivity contribution in [1.29, 1.82) is 0 Å². The van der Waals surface area contributed by atoms with Gasteiger partial charge < -0.3 is 15.4 Å². The second kappa shape index (κ2) is 4.53. The molecule has 0 aromatic heterocycles.